The van der Waals surface area contributed by atoms with Gasteiger partial charge in [-0.05, 0) is 19.8 Å². The second-order valence-electron chi connectivity index (χ2n) is 2.98. The van der Waals surface area contributed by atoms with Crippen LogP contribution in [0, 0.1) is 0 Å². The fourth-order valence-electron chi connectivity index (χ4n) is 1.25. The standard InChI is InChI=1S/C8H17NO/c1-3-8-4-5-10-7(2)6-9-8/h7-9H,3-6H2,1-2H3. The first-order valence-corrected chi connectivity index (χ1v) is 4.18. The predicted molar refractivity (Wildman–Crippen MR) is 42.1 cm³/mol. The Balaban J connectivity index is 2.26. The zero-order valence-electron chi connectivity index (χ0n) is 6.89. The van der Waals surface area contributed by atoms with Crippen molar-refractivity contribution in [3.05, 3.63) is 0 Å². The minimum atomic E-state index is 0.400. The first-order chi connectivity index (χ1) is 4.83. The Morgan fingerprint density at radius 2 is 2.40 bits per heavy atom. The first kappa shape index (κ1) is 8.02. The third-order valence-electron chi connectivity index (χ3n) is 2.06. The maximum Gasteiger partial charge on any atom is 0.0671 e. The lowest BCUT2D eigenvalue weighted by Gasteiger charge is -2.11. The third kappa shape index (κ3) is 2.27. The molecule has 2 heteroatoms. The molecule has 1 aliphatic rings. The van der Waals surface area contributed by atoms with E-state index < -0.39 is 0 Å². The highest BCUT2D eigenvalue weighted by Crippen LogP contribution is 2.04. The topological polar surface area (TPSA) is 21.3 Å². The molecule has 0 saturated carbocycles. The van der Waals surface area contributed by atoms with E-state index in [1.54, 1.807) is 0 Å². The summed E-state index contributed by atoms with van der Waals surface area (Å²) >= 11 is 0. The fraction of sp³-hybridized carbons (Fsp3) is 1.00. The second-order valence-corrected chi connectivity index (χ2v) is 2.98. The van der Waals surface area contributed by atoms with E-state index in [-0.39, 0.29) is 0 Å². The molecule has 1 heterocycles. The van der Waals surface area contributed by atoms with Crippen LogP contribution in [0.15, 0.2) is 0 Å². The summed E-state index contributed by atoms with van der Waals surface area (Å²) in [5.41, 5.74) is 0. The van der Waals surface area contributed by atoms with Gasteiger partial charge in [-0.1, -0.05) is 6.92 Å². The van der Waals surface area contributed by atoms with Crippen LogP contribution in [0.5, 0.6) is 0 Å². The fourth-order valence-corrected chi connectivity index (χ4v) is 1.25. The van der Waals surface area contributed by atoms with Crippen molar-refractivity contribution >= 4 is 0 Å². The maximum atomic E-state index is 5.47. The van der Waals surface area contributed by atoms with Crippen LogP contribution in [-0.4, -0.2) is 25.3 Å². The molecule has 1 N–H and O–H groups in total. The van der Waals surface area contributed by atoms with Gasteiger partial charge in [-0.3, -0.25) is 0 Å². The highest BCUT2D eigenvalue weighted by atomic mass is 16.5. The molecule has 0 spiro atoms. The smallest absolute Gasteiger partial charge is 0.0671 e. The molecule has 0 bridgehead atoms. The average Bonchev–Trinajstić information content (AvgIpc) is 2.14. The van der Waals surface area contributed by atoms with E-state index in [1.165, 1.54) is 12.8 Å². The lowest BCUT2D eigenvalue weighted by Crippen LogP contribution is -2.31. The normalized spacial score (nSPS) is 35.4. The van der Waals surface area contributed by atoms with Gasteiger partial charge in [0, 0.05) is 19.2 Å². The number of ether oxygens (including phenoxy) is 1. The van der Waals surface area contributed by atoms with E-state index in [0.717, 1.165) is 13.2 Å². The molecular weight excluding hydrogens is 126 g/mol. The molecule has 60 valence electrons. The number of rotatable bonds is 1. The molecule has 2 atom stereocenters. The summed E-state index contributed by atoms with van der Waals surface area (Å²) < 4.78 is 5.47. The van der Waals surface area contributed by atoms with Crippen LogP contribution in [0.1, 0.15) is 26.7 Å². The van der Waals surface area contributed by atoms with Gasteiger partial charge < -0.3 is 10.1 Å². The van der Waals surface area contributed by atoms with Crippen LogP contribution in [0.2, 0.25) is 0 Å². The van der Waals surface area contributed by atoms with Crippen molar-refractivity contribution < 1.29 is 4.74 Å². The molecule has 0 amide bonds. The predicted octanol–water partition coefficient (Wildman–Crippen LogP) is 1.16. The highest BCUT2D eigenvalue weighted by Gasteiger charge is 2.12. The maximum absolute atomic E-state index is 5.47. The van der Waals surface area contributed by atoms with Crippen LogP contribution in [0.25, 0.3) is 0 Å². The van der Waals surface area contributed by atoms with Crippen molar-refractivity contribution in [3.63, 3.8) is 0 Å². The Bertz CT molecular complexity index is 95.3. The average molecular weight is 143 g/mol. The molecule has 1 aliphatic heterocycles. The molecular formula is C8H17NO. The molecule has 10 heavy (non-hydrogen) atoms. The summed E-state index contributed by atoms with van der Waals surface area (Å²) in [5, 5.41) is 3.46. The summed E-state index contributed by atoms with van der Waals surface area (Å²) in [6.45, 7) is 6.27. The summed E-state index contributed by atoms with van der Waals surface area (Å²) in [4.78, 5) is 0. The van der Waals surface area contributed by atoms with Crippen molar-refractivity contribution in [1.82, 2.24) is 5.32 Å². The van der Waals surface area contributed by atoms with Gasteiger partial charge in [0.25, 0.3) is 0 Å². The van der Waals surface area contributed by atoms with E-state index in [1.807, 2.05) is 0 Å². The van der Waals surface area contributed by atoms with E-state index >= 15 is 0 Å². The molecule has 0 aromatic heterocycles. The van der Waals surface area contributed by atoms with Gasteiger partial charge in [-0.25, -0.2) is 0 Å². The van der Waals surface area contributed by atoms with Gasteiger partial charge in [0.05, 0.1) is 6.10 Å². The lowest BCUT2D eigenvalue weighted by molar-refractivity contribution is 0.0798. The van der Waals surface area contributed by atoms with E-state index in [2.05, 4.69) is 19.2 Å². The van der Waals surface area contributed by atoms with E-state index in [9.17, 15) is 0 Å². The summed E-state index contributed by atoms with van der Waals surface area (Å²) in [6, 6.07) is 0.685. The number of hydrogen-bond acceptors (Lipinski definition) is 2. The van der Waals surface area contributed by atoms with Crippen LogP contribution in [0.4, 0.5) is 0 Å². The molecule has 1 saturated heterocycles. The Labute approximate surface area is 63.0 Å². The summed E-state index contributed by atoms with van der Waals surface area (Å²) in [6.07, 6.45) is 2.79. The minimum absolute atomic E-state index is 0.400. The quantitative estimate of drug-likeness (QED) is 0.595. The van der Waals surface area contributed by atoms with Crippen molar-refractivity contribution in [2.75, 3.05) is 13.2 Å². The third-order valence-corrected chi connectivity index (χ3v) is 2.06. The van der Waals surface area contributed by atoms with Crippen LogP contribution >= 0.6 is 0 Å². The van der Waals surface area contributed by atoms with Crippen LogP contribution in [-0.2, 0) is 4.74 Å². The van der Waals surface area contributed by atoms with Gasteiger partial charge in [-0.15, -0.1) is 0 Å². The Morgan fingerprint density at radius 1 is 1.60 bits per heavy atom. The minimum Gasteiger partial charge on any atom is -0.377 e. The molecule has 0 aromatic carbocycles. The van der Waals surface area contributed by atoms with Crippen molar-refractivity contribution in [2.24, 2.45) is 0 Å². The van der Waals surface area contributed by atoms with E-state index in [4.69, 9.17) is 4.74 Å². The van der Waals surface area contributed by atoms with Gasteiger partial charge in [-0.2, -0.15) is 0 Å². The van der Waals surface area contributed by atoms with Crippen molar-refractivity contribution in [3.8, 4) is 0 Å². The largest absolute Gasteiger partial charge is 0.377 e. The highest BCUT2D eigenvalue weighted by molar-refractivity contribution is 4.70. The SMILES string of the molecule is CCC1CCOC(C)CN1. The summed E-state index contributed by atoms with van der Waals surface area (Å²) in [7, 11) is 0. The van der Waals surface area contributed by atoms with Gasteiger partial charge in [0.1, 0.15) is 0 Å². The molecule has 2 nitrogen and oxygen atoms in total. The van der Waals surface area contributed by atoms with Crippen LogP contribution < -0.4 is 5.32 Å². The zero-order valence-corrected chi connectivity index (χ0v) is 6.89. The van der Waals surface area contributed by atoms with Crippen molar-refractivity contribution in [1.29, 1.82) is 0 Å². The number of nitrogens with one attached hydrogen (secondary N) is 1. The Hall–Kier alpha value is -0.0800. The molecule has 0 radical (unpaired) electrons. The van der Waals surface area contributed by atoms with E-state index in [0.29, 0.717) is 12.1 Å². The van der Waals surface area contributed by atoms with Gasteiger partial charge in [0.15, 0.2) is 0 Å². The molecule has 0 aromatic rings. The molecule has 1 fully saturated rings. The number of hydrogen-bond donors (Lipinski definition) is 1. The zero-order chi connectivity index (χ0) is 7.40. The molecule has 0 aliphatic carbocycles. The lowest BCUT2D eigenvalue weighted by atomic mass is 10.2. The second kappa shape index (κ2) is 3.94. The van der Waals surface area contributed by atoms with Crippen LogP contribution in [0.3, 0.4) is 0 Å². The van der Waals surface area contributed by atoms with Gasteiger partial charge >= 0.3 is 0 Å². The Kier molecular flexibility index (Phi) is 3.16. The molecule has 2 unspecified atom stereocenters. The Morgan fingerprint density at radius 3 is 3.10 bits per heavy atom. The van der Waals surface area contributed by atoms with Crippen molar-refractivity contribution in [2.45, 2.75) is 38.8 Å². The summed E-state index contributed by atoms with van der Waals surface area (Å²) in [5.74, 6) is 0. The molecule has 1 rings (SSSR count). The van der Waals surface area contributed by atoms with Gasteiger partial charge in [0.2, 0.25) is 0 Å². The monoisotopic (exact) mass is 143 g/mol. The first-order valence-electron chi connectivity index (χ1n) is 4.18.